The normalized spacial score (nSPS) is 21.2. The van der Waals surface area contributed by atoms with Gasteiger partial charge in [0, 0.05) is 30.2 Å². The van der Waals surface area contributed by atoms with Gasteiger partial charge in [-0.3, -0.25) is 9.69 Å². The van der Waals surface area contributed by atoms with Gasteiger partial charge in [-0.2, -0.15) is 4.31 Å². The number of thiazole rings is 1. The maximum atomic E-state index is 13.7. The lowest BCUT2D eigenvalue weighted by atomic mass is 10.0. The molecule has 3 aromatic rings. The van der Waals surface area contributed by atoms with Crippen LogP contribution >= 0.6 is 23.1 Å². The molecule has 1 amide bonds. The third-order valence-corrected chi connectivity index (χ3v) is 10.5. The molecule has 0 N–H and O–H groups in total. The fraction of sp³-hybridized carbons (Fsp3) is 0.462. The van der Waals surface area contributed by atoms with Gasteiger partial charge in [-0.25, -0.2) is 13.4 Å². The van der Waals surface area contributed by atoms with E-state index in [4.69, 9.17) is 9.72 Å². The van der Waals surface area contributed by atoms with Crippen molar-refractivity contribution in [2.45, 2.75) is 48.5 Å². The lowest BCUT2D eigenvalue weighted by Gasteiger charge is -2.30. The van der Waals surface area contributed by atoms with E-state index in [-0.39, 0.29) is 16.9 Å². The average Bonchev–Trinajstić information content (AvgIpc) is 3.56. The summed E-state index contributed by atoms with van der Waals surface area (Å²) >= 11 is 3.12. The van der Waals surface area contributed by atoms with Gasteiger partial charge in [0.15, 0.2) is 5.13 Å². The predicted molar refractivity (Wildman–Crippen MR) is 146 cm³/mol. The van der Waals surface area contributed by atoms with Gasteiger partial charge in [0.05, 0.1) is 27.8 Å². The molecule has 2 unspecified atom stereocenters. The van der Waals surface area contributed by atoms with E-state index in [1.807, 2.05) is 24.5 Å². The fourth-order valence-electron chi connectivity index (χ4n) is 4.87. The Morgan fingerprint density at radius 2 is 2.00 bits per heavy atom. The Morgan fingerprint density at radius 1 is 1.19 bits per heavy atom. The smallest absolute Gasteiger partial charge is 0.260 e. The maximum absolute atomic E-state index is 13.7. The summed E-state index contributed by atoms with van der Waals surface area (Å²) < 4.78 is 34.8. The van der Waals surface area contributed by atoms with Crippen molar-refractivity contribution in [2.75, 3.05) is 37.4 Å². The van der Waals surface area contributed by atoms with E-state index >= 15 is 0 Å². The third kappa shape index (κ3) is 5.19. The Balaban J connectivity index is 1.44. The van der Waals surface area contributed by atoms with Crippen LogP contribution in [0.5, 0.6) is 0 Å². The van der Waals surface area contributed by atoms with Crippen LogP contribution in [-0.2, 0) is 14.8 Å². The van der Waals surface area contributed by atoms with Crippen molar-refractivity contribution in [3.63, 3.8) is 0 Å². The van der Waals surface area contributed by atoms with Crippen LogP contribution in [0, 0.1) is 5.92 Å². The van der Waals surface area contributed by atoms with Crippen molar-refractivity contribution >= 4 is 54.4 Å². The van der Waals surface area contributed by atoms with Crippen molar-refractivity contribution in [3.05, 3.63) is 48.0 Å². The van der Waals surface area contributed by atoms with Crippen LogP contribution < -0.4 is 4.90 Å². The van der Waals surface area contributed by atoms with Gasteiger partial charge >= 0.3 is 0 Å². The van der Waals surface area contributed by atoms with Crippen molar-refractivity contribution < 1.29 is 17.9 Å². The molecule has 0 bridgehead atoms. The number of ether oxygens (including phenoxy) is 1. The van der Waals surface area contributed by atoms with E-state index in [1.54, 1.807) is 45.2 Å². The lowest BCUT2D eigenvalue weighted by Crippen LogP contribution is -2.39. The van der Waals surface area contributed by atoms with Crippen LogP contribution in [-0.4, -0.2) is 62.2 Å². The van der Waals surface area contributed by atoms with E-state index < -0.39 is 10.0 Å². The molecule has 0 saturated carbocycles. The van der Waals surface area contributed by atoms with Crippen LogP contribution in [0.3, 0.4) is 0 Å². The number of nitrogens with zero attached hydrogens (tertiary/aromatic N) is 3. The Morgan fingerprint density at radius 3 is 2.69 bits per heavy atom. The molecule has 3 heterocycles. The van der Waals surface area contributed by atoms with E-state index in [0.29, 0.717) is 42.9 Å². The van der Waals surface area contributed by atoms with E-state index in [2.05, 4.69) is 6.92 Å². The highest BCUT2D eigenvalue weighted by atomic mass is 32.2. The lowest BCUT2D eigenvalue weighted by molar-refractivity contribution is 0.0917. The number of carbonyl (C=O) groups is 1. The molecule has 2 aromatic carbocycles. The highest BCUT2D eigenvalue weighted by molar-refractivity contribution is 7.98. The number of aromatic nitrogens is 1. The molecular weight excluding hydrogens is 515 g/mol. The van der Waals surface area contributed by atoms with Gasteiger partial charge in [0.25, 0.3) is 5.91 Å². The molecule has 36 heavy (non-hydrogen) atoms. The second-order valence-electron chi connectivity index (χ2n) is 9.49. The zero-order valence-corrected chi connectivity index (χ0v) is 23.0. The molecule has 2 fully saturated rings. The number of benzene rings is 2. The molecule has 2 saturated heterocycles. The molecule has 0 radical (unpaired) electrons. The number of rotatable bonds is 7. The zero-order chi connectivity index (χ0) is 25.3. The topological polar surface area (TPSA) is 79.8 Å². The van der Waals surface area contributed by atoms with Gasteiger partial charge in [0.1, 0.15) is 0 Å². The highest BCUT2D eigenvalue weighted by Gasteiger charge is 2.30. The number of hydrogen-bond donors (Lipinski definition) is 0. The van der Waals surface area contributed by atoms with Crippen LogP contribution in [0.2, 0.25) is 0 Å². The Hall–Kier alpha value is -1.98. The summed E-state index contributed by atoms with van der Waals surface area (Å²) in [4.78, 5) is 21.6. The molecule has 1 aromatic heterocycles. The number of fused-ring (bicyclic) bond motifs is 1. The zero-order valence-electron chi connectivity index (χ0n) is 20.6. The second-order valence-corrected chi connectivity index (χ2v) is 13.3. The Labute approximate surface area is 220 Å². The van der Waals surface area contributed by atoms with Crippen LogP contribution in [0.15, 0.2) is 52.3 Å². The maximum Gasteiger partial charge on any atom is 0.260 e. The Bertz CT molecular complexity index is 1330. The second kappa shape index (κ2) is 10.8. The van der Waals surface area contributed by atoms with E-state index in [1.165, 1.54) is 11.3 Å². The minimum atomic E-state index is -3.58. The standard InChI is InChI=1S/C26H31N3O4S3/c1-18-6-4-14-28(16-18)36(31,32)21-12-10-19(11-13-21)25(30)29(17-20-7-5-15-33-20)26-27-24-22(34-2)8-3-9-23(24)35-26/h3,8-13,18,20H,4-7,14-17H2,1-2H3. The van der Waals surface area contributed by atoms with Crippen LogP contribution in [0.1, 0.15) is 43.0 Å². The van der Waals surface area contributed by atoms with Gasteiger partial charge in [-0.05, 0) is 74.3 Å². The predicted octanol–water partition coefficient (Wildman–Crippen LogP) is 5.26. The first kappa shape index (κ1) is 25.7. The summed E-state index contributed by atoms with van der Waals surface area (Å²) in [6, 6.07) is 12.4. The number of hydrogen-bond acceptors (Lipinski definition) is 7. The fourth-order valence-corrected chi connectivity index (χ4v) is 8.10. The average molecular weight is 546 g/mol. The van der Waals surface area contributed by atoms with Crippen LogP contribution in [0.25, 0.3) is 10.2 Å². The number of anilines is 1. The van der Waals surface area contributed by atoms with Gasteiger partial charge in [-0.1, -0.05) is 24.3 Å². The van der Waals surface area contributed by atoms with Crippen molar-refractivity contribution in [3.8, 4) is 0 Å². The number of amides is 1. The molecule has 10 heteroatoms. The summed E-state index contributed by atoms with van der Waals surface area (Å²) in [7, 11) is -3.58. The molecule has 2 aliphatic heterocycles. The summed E-state index contributed by atoms with van der Waals surface area (Å²) in [6.07, 6.45) is 5.77. The molecule has 5 rings (SSSR count). The number of carbonyl (C=O) groups excluding carboxylic acids is 1. The summed E-state index contributed by atoms with van der Waals surface area (Å²) in [5, 5.41) is 0.631. The molecule has 7 nitrogen and oxygen atoms in total. The number of sulfonamides is 1. The third-order valence-electron chi connectivity index (χ3n) is 6.84. The molecule has 2 aliphatic rings. The quantitative estimate of drug-likeness (QED) is 0.377. The monoisotopic (exact) mass is 545 g/mol. The first-order chi connectivity index (χ1) is 17.4. The molecule has 192 valence electrons. The van der Waals surface area contributed by atoms with Crippen molar-refractivity contribution in [1.29, 1.82) is 0 Å². The van der Waals surface area contributed by atoms with Gasteiger partial charge < -0.3 is 4.74 Å². The number of para-hydroxylation sites is 1. The van der Waals surface area contributed by atoms with E-state index in [0.717, 1.165) is 40.8 Å². The first-order valence-electron chi connectivity index (χ1n) is 12.3. The molecule has 0 aliphatic carbocycles. The summed E-state index contributed by atoms with van der Waals surface area (Å²) in [5.74, 6) is 0.145. The Kier molecular flexibility index (Phi) is 7.69. The first-order valence-corrected chi connectivity index (χ1v) is 15.8. The highest BCUT2D eigenvalue weighted by Crippen LogP contribution is 2.35. The minimum Gasteiger partial charge on any atom is -0.376 e. The molecule has 2 atom stereocenters. The van der Waals surface area contributed by atoms with Crippen molar-refractivity contribution in [1.82, 2.24) is 9.29 Å². The van der Waals surface area contributed by atoms with Crippen molar-refractivity contribution in [2.24, 2.45) is 5.92 Å². The number of piperidine rings is 1. The summed E-state index contributed by atoms with van der Waals surface area (Å²) in [5.41, 5.74) is 1.33. The largest absolute Gasteiger partial charge is 0.376 e. The number of thioether (sulfide) groups is 1. The van der Waals surface area contributed by atoms with E-state index in [9.17, 15) is 13.2 Å². The summed E-state index contributed by atoms with van der Waals surface area (Å²) in [6.45, 7) is 4.27. The van der Waals surface area contributed by atoms with Gasteiger partial charge in [0.2, 0.25) is 10.0 Å². The van der Waals surface area contributed by atoms with Gasteiger partial charge in [-0.15, -0.1) is 11.8 Å². The minimum absolute atomic E-state index is 0.0401. The SMILES string of the molecule is CSc1cccc2sc(N(CC3CCCO3)C(=O)c3ccc(S(=O)(=O)N4CCCC(C)C4)cc3)nc12. The van der Waals surface area contributed by atoms with Crippen LogP contribution in [0.4, 0.5) is 5.13 Å². The molecule has 0 spiro atoms. The molecular formula is C26H31N3O4S3.